The first-order valence-electron chi connectivity index (χ1n) is 5.20. The molecule has 0 heterocycles. The molecule has 7 heteroatoms. The van der Waals surface area contributed by atoms with E-state index in [4.69, 9.17) is 17.3 Å². The smallest absolute Gasteiger partial charge is 0.390 e. The minimum atomic E-state index is -4.62. The number of hydrogen-bond acceptors (Lipinski definition) is 3. The fourth-order valence-corrected chi connectivity index (χ4v) is 1.75. The van der Waals surface area contributed by atoms with Gasteiger partial charge in [-0.05, 0) is 36.7 Å². The van der Waals surface area contributed by atoms with E-state index >= 15 is 0 Å². The van der Waals surface area contributed by atoms with Crippen LogP contribution in [0, 0.1) is 0 Å². The van der Waals surface area contributed by atoms with Crippen molar-refractivity contribution < 1.29 is 23.4 Å². The third-order valence-corrected chi connectivity index (χ3v) is 2.70. The number of benzene rings is 1. The Morgan fingerprint density at radius 2 is 1.89 bits per heavy atom. The van der Waals surface area contributed by atoms with Crippen LogP contribution in [0.15, 0.2) is 18.2 Å². The highest BCUT2D eigenvalue weighted by Gasteiger charge is 2.36. The van der Waals surface area contributed by atoms with Crippen LogP contribution in [0.25, 0.3) is 0 Å². The summed E-state index contributed by atoms with van der Waals surface area (Å²) in [6.07, 6.45) is -7.67. The molecule has 4 N–H and O–H groups in total. The summed E-state index contributed by atoms with van der Waals surface area (Å²) in [6, 6.07) is 2.85. The Balaban J connectivity index is 3.17. The summed E-state index contributed by atoms with van der Waals surface area (Å²) < 4.78 is 38.2. The minimum Gasteiger partial charge on any atom is -0.390 e. The summed E-state index contributed by atoms with van der Waals surface area (Å²) in [5.41, 5.74) is 3.71. The van der Waals surface area contributed by atoms with Crippen molar-refractivity contribution in [3.63, 3.8) is 0 Å². The zero-order chi connectivity index (χ0) is 13.9. The molecule has 0 saturated heterocycles. The molecule has 3 nitrogen and oxygen atoms in total. The third kappa shape index (κ3) is 3.58. The SMILES string of the molecule is NCCC(O)C(O)c1cc(Cl)ccc1C(F)(F)F. The molecule has 2 unspecified atom stereocenters. The van der Waals surface area contributed by atoms with E-state index in [0.29, 0.717) is 0 Å². The Bertz CT molecular complexity index is 412. The third-order valence-electron chi connectivity index (χ3n) is 2.46. The number of alkyl halides is 3. The van der Waals surface area contributed by atoms with Crippen LogP contribution in [-0.2, 0) is 6.18 Å². The molecule has 102 valence electrons. The first kappa shape index (κ1) is 15.2. The van der Waals surface area contributed by atoms with E-state index in [9.17, 15) is 23.4 Å². The monoisotopic (exact) mass is 283 g/mol. The molecule has 0 saturated carbocycles. The molecule has 1 aromatic rings. The lowest BCUT2D eigenvalue weighted by molar-refractivity contribution is -0.139. The first-order chi connectivity index (χ1) is 8.27. The summed E-state index contributed by atoms with van der Waals surface area (Å²) >= 11 is 5.61. The second-order valence-electron chi connectivity index (χ2n) is 3.82. The van der Waals surface area contributed by atoms with Gasteiger partial charge < -0.3 is 15.9 Å². The van der Waals surface area contributed by atoms with Crippen molar-refractivity contribution in [2.24, 2.45) is 5.73 Å². The standard InChI is InChI=1S/C11H13ClF3NO2/c12-6-1-2-8(11(13,14)15)7(5-6)10(18)9(17)3-4-16/h1-2,5,9-10,17-18H,3-4,16H2. The molecular formula is C11H13ClF3NO2. The highest BCUT2D eigenvalue weighted by molar-refractivity contribution is 6.30. The van der Waals surface area contributed by atoms with Crippen molar-refractivity contribution >= 4 is 11.6 Å². The summed E-state index contributed by atoms with van der Waals surface area (Å²) in [5, 5.41) is 19.3. The fraction of sp³-hybridized carbons (Fsp3) is 0.455. The number of rotatable bonds is 4. The Morgan fingerprint density at radius 1 is 1.28 bits per heavy atom. The molecule has 0 aromatic heterocycles. The molecule has 2 atom stereocenters. The van der Waals surface area contributed by atoms with Crippen LogP contribution < -0.4 is 5.73 Å². The van der Waals surface area contributed by atoms with Crippen molar-refractivity contribution in [1.82, 2.24) is 0 Å². The second kappa shape index (κ2) is 5.88. The molecule has 0 amide bonds. The molecule has 0 spiro atoms. The molecule has 1 rings (SSSR count). The zero-order valence-corrected chi connectivity index (χ0v) is 10.0. The quantitative estimate of drug-likeness (QED) is 0.793. The van der Waals surface area contributed by atoms with Crippen LogP contribution in [0.3, 0.4) is 0 Å². The number of nitrogens with two attached hydrogens (primary N) is 1. The predicted octanol–water partition coefficient (Wildman–Crippen LogP) is 2.10. The van der Waals surface area contributed by atoms with Crippen LogP contribution in [0.2, 0.25) is 5.02 Å². The van der Waals surface area contributed by atoms with Gasteiger partial charge in [0.25, 0.3) is 0 Å². The van der Waals surface area contributed by atoms with Gasteiger partial charge in [-0.15, -0.1) is 0 Å². The van der Waals surface area contributed by atoms with Crippen LogP contribution >= 0.6 is 11.6 Å². The second-order valence-corrected chi connectivity index (χ2v) is 4.26. The van der Waals surface area contributed by atoms with E-state index in [1.165, 1.54) is 0 Å². The minimum absolute atomic E-state index is 0.00895. The van der Waals surface area contributed by atoms with Gasteiger partial charge in [-0.25, -0.2) is 0 Å². The normalized spacial score (nSPS) is 15.5. The van der Waals surface area contributed by atoms with Crippen molar-refractivity contribution in [3.05, 3.63) is 34.3 Å². The van der Waals surface area contributed by atoms with Crippen molar-refractivity contribution in [2.75, 3.05) is 6.54 Å². The highest BCUT2D eigenvalue weighted by Crippen LogP contribution is 2.37. The van der Waals surface area contributed by atoms with Crippen LogP contribution in [0.1, 0.15) is 23.7 Å². The lowest BCUT2D eigenvalue weighted by Gasteiger charge is -2.21. The molecule has 0 fully saturated rings. The molecule has 0 aliphatic carbocycles. The van der Waals surface area contributed by atoms with Gasteiger partial charge >= 0.3 is 6.18 Å². The van der Waals surface area contributed by atoms with Crippen LogP contribution in [-0.4, -0.2) is 22.9 Å². The number of aliphatic hydroxyl groups is 2. The van der Waals surface area contributed by atoms with Crippen molar-refractivity contribution in [2.45, 2.75) is 24.8 Å². The summed E-state index contributed by atoms with van der Waals surface area (Å²) in [5.74, 6) is 0. The largest absolute Gasteiger partial charge is 0.416 e. The predicted molar refractivity (Wildman–Crippen MR) is 61.1 cm³/mol. The van der Waals surface area contributed by atoms with Gasteiger partial charge in [0.2, 0.25) is 0 Å². The van der Waals surface area contributed by atoms with Gasteiger partial charge in [0.05, 0.1) is 11.7 Å². The maximum absolute atomic E-state index is 12.7. The van der Waals surface area contributed by atoms with Gasteiger partial charge in [0, 0.05) is 5.02 Å². The number of hydrogen-bond donors (Lipinski definition) is 3. The molecule has 0 bridgehead atoms. The van der Waals surface area contributed by atoms with E-state index in [2.05, 4.69) is 0 Å². The summed E-state index contributed by atoms with van der Waals surface area (Å²) in [7, 11) is 0. The number of halogens is 4. The van der Waals surface area contributed by atoms with E-state index in [-0.39, 0.29) is 18.0 Å². The van der Waals surface area contributed by atoms with E-state index in [1.54, 1.807) is 0 Å². The average Bonchev–Trinajstić information content (AvgIpc) is 2.26. The Hall–Kier alpha value is -0.820. The van der Waals surface area contributed by atoms with E-state index in [0.717, 1.165) is 18.2 Å². The Kier molecular flexibility index (Phi) is 4.98. The van der Waals surface area contributed by atoms with Crippen molar-refractivity contribution in [3.8, 4) is 0 Å². The first-order valence-corrected chi connectivity index (χ1v) is 5.58. The molecule has 18 heavy (non-hydrogen) atoms. The maximum atomic E-state index is 12.7. The van der Waals surface area contributed by atoms with Crippen molar-refractivity contribution in [1.29, 1.82) is 0 Å². The Labute approximate surface area is 107 Å². The number of aliphatic hydroxyl groups excluding tert-OH is 2. The van der Waals surface area contributed by atoms with Gasteiger partial charge in [-0.2, -0.15) is 13.2 Å². The fourth-order valence-electron chi connectivity index (χ4n) is 1.57. The van der Waals surface area contributed by atoms with Gasteiger partial charge in [-0.3, -0.25) is 0 Å². The molecule has 1 aromatic carbocycles. The molecule has 0 radical (unpaired) electrons. The van der Waals surface area contributed by atoms with Gasteiger partial charge in [0.15, 0.2) is 0 Å². The summed E-state index contributed by atoms with van der Waals surface area (Å²) in [4.78, 5) is 0. The van der Waals surface area contributed by atoms with Gasteiger partial charge in [-0.1, -0.05) is 11.6 Å². The lowest BCUT2D eigenvalue weighted by Crippen LogP contribution is -2.24. The van der Waals surface area contributed by atoms with Crippen LogP contribution in [0.5, 0.6) is 0 Å². The highest BCUT2D eigenvalue weighted by atomic mass is 35.5. The van der Waals surface area contributed by atoms with E-state index < -0.39 is 29.5 Å². The average molecular weight is 284 g/mol. The topological polar surface area (TPSA) is 66.5 Å². The molecule has 0 aliphatic heterocycles. The molecule has 0 aliphatic rings. The van der Waals surface area contributed by atoms with Gasteiger partial charge in [0.1, 0.15) is 6.10 Å². The zero-order valence-electron chi connectivity index (χ0n) is 9.28. The molecular weight excluding hydrogens is 271 g/mol. The van der Waals surface area contributed by atoms with Crippen LogP contribution in [0.4, 0.5) is 13.2 Å². The maximum Gasteiger partial charge on any atom is 0.416 e. The summed E-state index contributed by atoms with van der Waals surface area (Å²) in [6.45, 7) is 0.0557. The lowest BCUT2D eigenvalue weighted by atomic mass is 9.97. The van der Waals surface area contributed by atoms with E-state index in [1.807, 2.05) is 0 Å². The Morgan fingerprint density at radius 3 is 2.39 bits per heavy atom.